The molecule has 0 amide bonds. The van der Waals surface area contributed by atoms with Gasteiger partial charge in [-0.3, -0.25) is 4.79 Å². The van der Waals surface area contributed by atoms with Crippen molar-refractivity contribution >= 4 is 17.5 Å². The molecule has 0 unspecified atom stereocenters. The lowest BCUT2D eigenvalue weighted by molar-refractivity contribution is -0.103. The first-order valence-corrected chi connectivity index (χ1v) is 6.06. The van der Waals surface area contributed by atoms with Crippen molar-refractivity contribution in [2.45, 2.75) is 0 Å². The highest BCUT2D eigenvalue weighted by atomic mass is 16.5. The van der Waals surface area contributed by atoms with Crippen LogP contribution in [-0.4, -0.2) is 32.6 Å². The van der Waals surface area contributed by atoms with E-state index in [1.54, 1.807) is 12.2 Å². The fourth-order valence-corrected chi connectivity index (χ4v) is 2.02. The van der Waals surface area contributed by atoms with E-state index in [9.17, 15) is 4.79 Å². The van der Waals surface area contributed by atoms with Gasteiger partial charge in [0, 0.05) is 24.4 Å². The van der Waals surface area contributed by atoms with Crippen molar-refractivity contribution in [3.8, 4) is 0 Å². The summed E-state index contributed by atoms with van der Waals surface area (Å²) in [5, 5.41) is 0. The van der Waals surface area contributed by atoms with Crippen molar-refractivity contribution in [3.05, 3.63) is 48.6 Å². The molecule has 1 heterocycles. The zero-order chi connectivity index (χ0) is 12.8. The minimum absolute atomic E-state index is 0.651. The number of nitrogens with zero attached hydrogens (tertiary/aromatic N) is 1. The Hall–Kier alpha value is -1.87. The lowest BCUT2D eigenvalue weighted by atomic mass is 10.1. The molecule has 3 nitrogen and oxygen atoms in total. The number of ether oxygens (including phenoxy) is 1. The first-order valence-electron chi connectivity index (χ1n) is 6.06. The molecule has 18 heavy (non-hydrogen) atoms. The third-order valence-electron chi connectivity index (χ3n) is 3.00. The molecule has 1 aromatic rings. The van der Waals surface area contributed by atoms with E-state index in [2.05, 4.69) is 11.5 Å². The molecule has 1 aliphatic rings. The minimum Gasteiger partial charge on any atom is -0.378 e. The van der Waals surface area contributed by atoms with Crippen LogP contribution in [0, 0.1) is 0 Å². The molecule has 0 spiro atoms. The van der Waals surface area contributed by atoms with Gasteiger partial charge < -0.3 is 9.64 Å². The summed E-state index contributed by atoms with van der Waals surface area (Å²) < 4.78 is 5.32. The molecule has 1 saturated heterocycles. The monoisotopic (exact) mass is 243 g/mol. The second-order valence-corrected chi connectivity index (χ2v) is 4.12. The Labute approximate surface area is 107 Å². The largest absolute Gasteiger partial charge is 0.378 e. The number of allylic oxidation sites excluding steroid dienone is 3. The van der Waals surface area contributed by atoms with Crippen LogP contribution in [0.1, 0.15) is 5.56 Å². The lowest BCUT2D eigenvalue weighted by Gasteiger charge is -2.28. The third kappa shape index (κ3) is 2.87. The molecule has 0 aromatic heterocycles. The number of carbonyl (C=O) groups is 1. The van der Waals surface area contributed by atoms with Crippen molar-refractivity contribution in [1.82, 2.24) is 0 Å². The van der Waals surface area contributed by atoms with Gasteiger partial charge in [-0.05, 0) is 17.7 Å². The van der Waals surface area contributed by atoms with Crippen LogP contribution in [0.25, 0.3) is 5.57 Å². The first kappa shape index (κ1) is 12.6. The van der Waals surface area contributed by atoms with Crippen LogP contribution < -0.4 is 4.90 Å². The Morgan fingerprint density at radius 1 is 1.22 bits per heavy atom. The third-order valence-corrected chi connectivity index (χ3v) is 3.00. The number of hydrogen-bond donors (Lipinski definition) is 0. The minimum atomic E-state index is 0.651. The van der Waals surface area contributed by atoms with Crippen LogP contribution in [0.3, 0.4) is 0 Å². The maximum atomic E-state index is 10.9. The number of carbonyl (C=O) groups excluding carboxylic acids is 1. The molecule has 0 radical (unpaired) electrons. The van der Waals surface area contributed by atoms with Crippen LogP contribution >= 0.6 is 0 Å². The normalized spacial score (nSPS) is 16.4. The maximum Gasteiger partial charge on any atom is 0.150 e. The molecule has 0 saturated carbocycles. The van der Waals surface area contributed by atoms with Gasteiger partial charge in [-0.1, -0.05) is 30.9 Å². The molecule has 0 N–H and O–H groups in total. The molecule has 0 aliphatic carbocycles. The molecular weight excluding hydrogens is 226 g/mol. The number of hydrogen-bond acceptors (Lipinski definition) is 3. The quantitative estimate of drug-likeness (QED) is 0.461. The van der Waals surface area contributed by atoms with Gasteiger partial charge in [-0.2, -0.15) is 0 Å². The van der Waals surface area contributed by atoms with Gasteiger partial charge in [0.2, 0.25) is 0 Å². The average molecular weight is 243 g/mol. The molecule has 2 rings (SSSR count). The van der Waals surface area contributed by atoms with E-state index in [0.29, 0.717) is 5.57 Å². The molecule has 0 bridgehead atoms. The van der Waals surface area contributed by atoms with Crippen LogP contribution in [0.2, 0.25) is 0 Å². The average Bonchev–Trinajstić information content (AvgIpc) is 2.46. The second kappa shape index (κ2) is 6.17. The van der Waals surface area contributed by atoms with Crippen LogP contribution in [0.4, 0.5) is 5.69 Å². The molecule has 0 atom stereocenters. The Morgan fingerprint density at radius 3 is 2.44 bits per heavy atom. The highest BCUT2D eigenvalue weighted by Crippen LogP contribution is 2.20. The van der Waals surface area contributed by atoms with Crippen LogP contribution in [0.15, 0.2) is 43.0 Å². The molecule has 1 aliphatic heterocycles. The maximum absolute atomic E-state index is 10.9. The van der Waals surface area contributed by atoms with E-state index in [-0.39, 0.29) is 0 Å². The Bertz CT molecular complexity index is 442. The summed E-state index contributed by atoms with van der Waals surface area (Å²) >= 11 is 0. The van der Waals surface area contributed by atoms with Crippen molar-refractivity contribution in [3.63, 3.8) is 0 Å². The van der Waals surface area contributed by atoms with E-state index < -0.39 is 0 Å². The number of rotatable bonds is 4. The van der Waals surface area contributed by atoms with Gasteiger partial charge in [0.05, 0.1) is 13.2 Å². The Balaban J connectivity index is 2.16. The Kier molecular flexibility index (Phi) is 4.31. The van der Waals surface area contributed by atoms with Gasteiger partial charge in [0.25, 0.3) is 0 Å². The van der Waals surface area contributed by atoms with E-state index in [0.717, 1.165) is 38.2 Å². The highest BCUT2D eigenvalue weighted by Gasteiger charge is 2.11. The second-order valence-electron chi connectivity index (χ2n) is 4.12. The van der Waals surface area contributed by atoms with Gasteiger partial charge in [0.1, 0.15) is 0 Å². The summed E-state index contributed by atoms with van der Waals surface area (Å²) in [6.07, 6.45) is 4.20. The number of anilines is 1. The fourth-order valence-electron chi connectivity index (χ4n) is 2.02. The standard InChI is InChI=1S/C15H17NO2/c1-2-3-14(12-17)13-4-6-15(7-5-13)16-8-10-18-11-9-16/h2-7,12H,1,8-11H2. The van der Waals surface area contributed by atoms with E-state index >= 15 is 0 Å². The first-order chi connectivity index (χ1) is 8.85. The van der Waals surface area contributed by atoms with Crippen molar-refractivity contribution in [2.75, 3.05) is 31.2 Å². The molecule has 3 heteroatoms. The Morgan fingerprint density at radius 2 is 1.89 bits per heavy atom. The van der Waals surface area contributed by atoms with E-state index in [4.69, 9.17) is 4.74 Å². The topological polar surface area (TPSA) is 29.5 Å². The SMILES string of the molecule is C=CC=C(C=O)c1ccc(N2CCOCC2)cc1. The van der Waals surface area contributed by atoms with Gasteiger partial charge in [0.15, 0.2) is 6.29 Å². The summed E-state index contributed by atoms with van der Waals surface area (Å²) in [6, 6.07) is 8.02. The summed E-state index contributed by atoms with van der Waals surface area (Å²) in [6.45, 7) is 7.00. The smallest absolute Gasteiger partial charge is 0.150 e. The van der Waals surface area contributed by atoms with E-state index in [1.165, 1.54) is 5.69 Å². The van der Waals surface area contributed by atoms with Gasteiger partial charge in [-0.15, -0.1) is 0 Å². The summed E-state index contributed by atoms with van der Waals surface area (Å²) in [5.41, 5.74) is 2.74. The van der Waals surface area contributed by atoms with Crippen LogP contribution in [0.5, 0.6) is 0 Å². The van der Waals surface area contributed by atoms with E-state index in [1.807, 2.05) is 24.3 Å². The van der Waals surface area contributed by atoms with Gasteiger partial charge >= 0.3 is 0 Å². The predicted molar refractivity (Wildman–Crippen MR) is 73.7 cm³/mol. The zero-order valence-corrected chi connectivity index (χ0v) is 10.3. The zero-order valence-electron chi connectivity index (χ0n) is 10.3. The van der Waals surface area contributed by atoms with Gasteiger partial charge in [-0.25, -0.2) is 0 Å². The predicted octanol–water partition coefficient (Wildman–Crippen LogP) is 2.29. The van der Waals surface area contributed by atoms with Crippen molar-refractivity contribution in [1.29, 1.82) is 0 Å². The highest BCUT2D eigenvalue weighted by molar-refractivity contribution is 6.07. The molecule has 94 valence electrons. The summed E-state index contributed by atoms with van der Waals surface area (Å²) in [5.74, 6) is 0. The number of morpholine rings is 1. The number of aldehydes is 1. The molecule has 1 fully saturated rings. The molecule has 1 aromatic carbocycles. The summed E-state index contributed by atoms with van der Waals surface area (Å²) in [7, 11) is 0. The van der Waals surface area contributed by atoms with Crippen molar-refractivity contribution < 1.29 is 9.53 Å². The lowest BCUT2D eigenvalue weighted by Crippen LogP contribution is -2.36. The van der Waals surface area contributed by atoms with Crippen molar-refractivity contribution in [2.24, 2.45) is 0 Å². The van der Waals surface area contributed by atoms with Crippen LogP contribution in [-0.2, 0) is 9.53 Å². The fraction of sp³-hybridized carbons (Fsp3) is 0.267. The molecular formula is C15H17NO2. The summed E-state index contributed by atoms with van der Waals surface area (Å²) in [4.78, 5) is 13.2. The number of benzene rings is 1.